The number of ether oxygens (including phenoxy) is 1. The van der Waals surface area contributed by atoms with Gasteiger partial charge in [0.05, 0.1) is 16.4 Å². The summed E-state index contributed by atoms with van der Waals surface area (Å²) in [6, 6.07) is 9.68. The largest absolute Gasteiger partial charge is 0.497 e. The summed E-state index contributed by atoms with van der Waals surface area (Å²) in [6.07, 6.45) is 0. The van der Waals surface area contributed by atoms with E-state index in [0.717, 1.165) is 26.1 Å². The Labute approximate surface area is 120 Å². The number of aromatic nitrogens is 1. The van der Waals surface area contributed by atoms with Crippen molar-refractivity contribution in [2.45, 2.75) is 6.92 Å². The molecule has 0 amide bonds. The van der Waals surface area contributed by atoms with E-state index in [4.69, 9.17) is 4.74 Å². The average molecular weight is 355 g/mol. The molecule has 18 heavy (non-hydrogen) atoms. The molecule has 1 aromatic carbocycles. The summed E-state index contributed by atoms with van der Waals surface area (Å²) in [4.78, 5) is 11.9. The Morgan fingerprint density at radius 3 is 2.56 bits per heavy atom. The number of nitrogens with zero attached hydrogens (tertiary/aromatic N) is 1. The van der Waals surface area contributed by atoms with Crippen LogP contribution in [0.5, 0.6) is 5.75 Å². The lowest BCUT2D eigenvalue weighted by atomic mass is 10.0. The number of halogens is 1. The van der Waals surface area contributed by atoms with Crippen LogP contribution < -0.4 is 10.3 Å². The first kappa shape index (κ1) is 13.1. The van der Waals surface area contributed by atoms with Gasteiger partial charge in [-0.25, -0.2) is 0 Å². The Kier molecular flexibility index (Phi) is 3.75. The van der Waals surface area contributed by atoms with Gasteiger partial charge in [-0.1, -0.05) is 0 Å². The summed E-state index contributed by atoms with van der Waals surface area (Å²) in [5.74, 6) is 0.826. The molecule has 0 radical (unpaired) electrons. The molecule has 2 rings (SSSR count). The molecule has 0 bridgehead atoms. The molecule has 94 valence electrons. The second kappa shape index (κ2) is 5.14. The van der Waals surface area contributed by atoms with Gasteiger partial charge in [0.15, 0.2) is 0 Å². The van der Waals surface area contributed by atoms with Gasteiger partial charge < -0.3 is 9.30 Å². The Bertz CT molecular complexity index is 647. The minimum absolute atomic E-state index is 0.0309. The van der Waals surface area contributed by atoms with Gasteiger partial charge in [-0.05, 0) is 65.4 Å². The Balaban J connectivity index is 2.63. The second-order valence-electron chi connectivity index (χ2n) is 4.11. The number of hydrogen-bond donors (Lipinski definition) is 0. The number of benzene rings is 1. The molecular formula is C14H14INO2. The van der Waals surface area contributed by atoms with Crippen LogP contribution in [0.15, 0.2) is 35.1 Å². The fraction of sp³-hybridized carbons (Fsp3) is 0.214. The SMILES string of the molecule is COc1ccc(-c2ccc(I)c(=O)n2C)c(C)c1. The zero-order valence-electron chi connectivity index (χ0n) is 10.5. The van der Waals surface area contributed by atoms with Crippen LogP contribution >= 0.6 is 22.6 Å². The minimum atomic E-state index is 0.0309. The summed E-state index contributed by atoms with van der Waals surface area (Å²) in [5.41, 5.74) is 3.08. The molecule has 0 fully saturated rings. The molecule has 4 heteroatoms. The third-order valence-corrected chi connectivity index (χ3v) is 3.79. The summed E-state index contributed by atoms with van der Waals surface area (Å²) in [6.45, 7) is 2.01. The van der Waals surface area contributed by atoms with E-state index in [9.17, 15) is 4.79 Å². The number of pyridine rings is 1. The van der Waals surface area contributed by atoms with Gasteiger partial charge in [-0.2, -0.15) is 0 Å². The van der Waals surface area contributed by atoms with E-state index in [1.54, 1.807) is 18.7 Å². The number of methoxy groups -OCH3 is 1. The highest BCUT2D eigenvalue weighted by molar-refractivity contribution is 14.1. The normalized spacial score (nSPS) is 10.4. The number of aryl methyl sites for hydroxylation is 1. The van der Waals surface area contributed by atoms with Crippen molar-refractivity contribution in [3.63, 3.8) is 0 Å². The van der Waals surface area contributed by atoms with Crippen LogP contribution in [0, 0.1) is 10.5 Å². The van der Waals surface area contributed by atoms with Gasteiger partial charge in [0, 0.05) is 12.6 Å². The second-order valence-corrected chi connectivity index (χ2v) is 5.27. The van der Waals surface area contributed by atoms with Crippen LogP contribution in [-0.2, 0) is 7.05 Å². The van der Waals surface area contributed by atoms with Gasteiger partial charge in [-0.3, -0.25) is 4.79 Å². The van der Waals surface area contributed by atoms with Crippen molar-refractivity contribution in [2.75, 3.05) is 7.11 Å². The van der Waals surface area contributed by atoms with Crippen molar-refractivity contribution >= 4 is 22.6 Å². The molecule has 1 aromatic heterocycles. The first-order valence-electron chi connectivity index (χ1n) is 5.55. The first-order valence-corrected chi connectivity index (χ1v) is 6.63. The summed E-state index contributed by atoms with van der Waals surface area (Å²) in [7, 11) is 3.44. The molecule has 0 aliphatic carbocycles. The third kappa shape index (κ3) is 2.29. The van der Waals surface area contributed by atoms with E-state index in [1.165, 1.54) is 0 Å². The van der Waals surface area contributed by atoms with Crippen molar-refractivity contribution < 1.29 is 4.74 Å². The predicted octanol–water partition coefficient (Wildman–Crippen LogP) is 2.97. The van der Waals surface area contributed by atoms with E-state index >= 15 is 0 Å². The molecule has 3 nitrogen and oxygen atoms in total. The van der Waals surface area contributed by atoms with Crippen LogP contribution in [0.25, 0.3) is 11.3 Å². The predicted molar refractivity (Wildman–Crippen MR) is 81.1 cm³/mol. The molecule has 0 spiro atoms. The molecular weight excluding hydrogens is 341 g/mol. The van der Waals surface area contributed by atoms with E-state index in [1.807, 2.05) is 37.3 Å². The van der Waals surface area contributed by atoms with Crippen LogP contribution in [-0.4, -0.2) is 11.7 Å². The van der Waals surface area contributed by atoms with Crippen LogP contribution in [0.2, 0.25) is 0 Å². The highest BCUT2D eigenvalue weighted by atomic mass is 127. The molecule has 0 saturated carbocycles. The van der Waals surface area contributed by atoms with Crippen molar-refractivity contribution in [2.24, 2.45) is 7.05 Å². The van der Waals surface area contributed by atoms with E-state index in [0.29, 0.717) is 0 Å². The Hall–Kier alpha value is -1.30. The fourth-order valence-electron chi connectivity index (χ4n) is 1.93. The lowest BCUT2D eigenvalue weighted by Gasteiger charge is -2.12. The molecule has 0 unspecified atom stereocenters. The molecule has 2 aromatic rings. The third-order valence-electron chi connectivity index (χ3n) is 2.97. The fourth-order valence-corrected chi connectivity index (χ4v) is 2.47. The minimum Gasteiger partial charge on any atom is -0.497 e. The lowest BCUT2D eigenvalue weighted by Crippen LogP contribution is -2.20. The van der Waals surface area contributed by atoms with Gasteiger partial charge in [0.1, 0.15) is 5.75 Å². The number of hydrogen-bond acceptors (Lipinski definition) is 2. The summed E-state index contributed by atoms with van der Waals surface area (Å²) >= 11 is 2.05. The zero-order valence-corrected chi connectivity index (χ0v) is 12.7. The average Bonchev–Trinajstić information content (AvgIpc) is 2.37. The summed E-state index contributed by atoms with van der Waals surface area (Å²) < 4.78 is 7.59. The smallest absolute Gasteiger partial charge is 0.264 e. The maximum Gasteiger partial charge on any atom is 0.264 e. The molecule has 0 aliphatic heterocycles. The monoisotopic (exact) mass is 355 g/mol. The van der Waals surface area contributed by atoms with Crippen LogP contribution in [0.3, 0.4) is 0 Å². The molecule has 1 heterocycles. The Morgan fingerprint density at radius 2 is 1.94 bits per heavy atom. The zero-order chi connectivity index (χ0) is 13.3. The van der Waals surface area contributed by atoms with Gasteiger partial charge >= 0.3 is 0 Å². The van der Waals surface area contributed by atoms with Crippen molar-refractivity contribution in [1.29, 1.82) is 0 Å². The van der Waals surface area contributed by atoms with E-state index < -0.39 is 0 Å². The van der Waals surface area contributed by atoms with Crippen molar-refractivity contribution in [3.8, 4) is 17.0 Å². The maximum atomic E-state index is 11.9. The van der Waals surface area contributed by atoms with Crippen LogP contribution in [0.4, 0.5) is 0 Å². The molecule has 0 aliphatic rings. The quantitative estimate of drug-likeness (QED) is 0.776. The molecule has 0 atom stereocenters. The highest BCUT2D eigenvalue weighted by Crippen LogP contribution is 2.25. The van der Waals surface area contributed by atoms with E-state index in [2.05, 4.69) is 22.6 Å². The number of rotatable bonds is 2. The van der Waals surface area contributed by atoms with Crippen LogP contribution in [0.1, 0.15) is 5.56 Å². The highest BCUT2D eigenvalue weighted by Gasteiger charge is 2.08. The van der Waals surface area contributed by atoms with Crippen molar-refractivity contribution in [1.82, 2.24) is 4.57 Å². The molecule has 0 saturated heterocycles. The first-order chi connectivity index (χ1) is 8.54. The summed E-state index contributed by atoms with van der Waals surface area (Å²) in [5, 5.41) is 0. The Morgan fingerprint density at radius 1 is 1.22 bits per heavy atom. The van der Waals surface area contributed by atoms with Gasteiger partial charge in [0.2, 0.25) is 0 Å². The topological polar surface area (TPSA) is 31.2 Å². The van der Waals surface area contributed by atoms with Gasteiger partial charge in [0.25, 0.3) is 5.56 Å². The lowest BCUT2D eigenvalue weighted by molar-refractivity contribution is 0.414. The molecule has 0 N–H and O–H groups in total. The maximum absolute atomic E-state index is 11.9. The van der Waals surface area contributed by atoms with Crippen molar-refractivity contribution in [3.05, 3.63) is 49.8 Å². The standard InChI is InChI=1S/C14H14INO2/c1-9-8-10(18-3)4-5-11(9)13-7-6-12(15)14(17)16(13)2/h4-8H,1-3H3. The van der Waals surface area contributed by atoms with E-state index in [-0.39, 0.29) is 5.56 Å². The van der Waals surface area contributed by atoms with Gasteiger partial charge in [-0.15, -0.1) is 0 Å².